The van der Waals surface area contributed by atoms with Gasteiger partial charge in [0.15, 0.2) is 0 Å². The Morgan fingerprint density at radius 3 is 2.26 bits per heavy atom. The third-order valence-corrected chi connectivity index (χ3v) is 9.93. The lowest BCUT2D eigenvalue weighted by Gasteiger charge is -2.16. The van der Waals surface area contributed by atoms with E-state index in [0.717, 1.165) is 15.7 Å². The second-order valence-electron chi connectivity index (χ2n) is 11.1. The maximum atomic E-state index is 15.1. The molecule has 0 aliphatic heterocycles. The van der Waals surface area contributed by atoms with Crippen LogP contribution < -0.4 is 21.3 Å². The first kappa shape index (κ1) is 33.9. The van der Waals surface area contributed by atoms with Crippen LogP contribution in [-0.2, 0) is 28.3 Å². The van der Waals surface area contributed by atoms with Crippen LogP contribution in [0.3, 0.4) is 0 Å². The van der Waals surface area contributed by atoms with Gasteiger partial charge < -0.3 is 10.4 Å². The highest BCUT2D eigenvalue weighted by molar-refractivity contribution is 7.92. The number of aromatic nitrogens is 3. The van der Waals surface area contributed by atoms with Gasteiger partial charge in [0.05, 0.1) is 33.4 Å². The maximum absolute atomic E-state index is 15.1. The highest BCUT2D eigenvalue weighted by Gasteiger charge is 2.27. The predicted octanol–water partition coefficient (Wildman–Crippen LogP) is 4.32. The van der Waals surface area contributed by atoms with E-state index in [1.54, 1.807) is 12.1 Å². The van der Waals surface area contributed by atoms with Crippen molar-refractivity contribution in [3.8, 4) is 16.8 Å². The van der Waals surface area contributed by atoms with Crippen molar-refractivity contribution in [2.75, 3.05) is 4.72 Å². The minimum atomic E-state index is -4.27. The number of benzene rings is 3. The molecule has 0 saturated carbocycles. The molecule has 6 rings (SSSR count). The van der Waals surface area contributed by atoms with E-state index < -0.39 is 62.1 Å². The lowest BCUT2D eigenvalue weighted by atomic mass is 10.0. The summed E-state index contributed by atoms with van der Waals surface area (Å²) in [6.07, 6.45) is 2.49. The Hall–Kier alpha value is -6.00. The van der Waals surface area contributed by atoms with Gasteiger partial charge in [-0.2, -0.15) is 11.3 Å². The zero-order valence-corrected chi connectivity index (χ0v) is 27.5. The van der Waals surface area contributed by atoms with Gasteiger partial charge in [0, 0.05) is 19.7 Å². The largest absolute Gasteiger partial charge is 0.480 e. The molecule has 0 aliphatic rings. The number of nitrogens with zero attached hydrogens (tertiary/aromatic N) is 3. The SMILES string of the molecule is Cn1c(=O)n(-c2ccc(C[C@H](NC(=O)c3c(F)cc(NS(=O)(=O)c4ccc(-c5ccsc5)cc4)cc3F)C(=O)O)cc2)c(=O)c2ccncc21. The molecular weight excluding hydrogens is 693 g/mol. The minimum absolute atomic E-state index is 0.166. The number of fused-ring (bicyclic) bond motifs is 1. The molecule has 0 aliphatic carbocycles. The molecule has 3 heterocycles. The lowest BCUT2D eigenvalue weighted by Crippen LogP contribution is -2.43. The van der Waals surface area contributed by atoms with Crippen LogP contribution in [0, 0.1) is 11.6 Å². The first-order valence-corrected chi connectivity index (χ1v) is 17.1. The average molecular weight is 718 g/mol. The monoisotopic (exact) mass is 717 g/mol. The van der Waals surface area contributed by atoms with Gasteiger partial charge in [-0.1, -0.05) is 24.3 Å². The van der Waals surface area contributed by atoms with Crippen molar-refractivity contribution in [1.29, 1.82) is 0 Å². The summed E-state index contributed by atoms with van der Waals surface area (Å²) in [6, 6.07) is 14.5. The number of anilines is 1. The molecule has 0 fully saturated rings. The van der Waals surface area contributed by atoms with Crippen LogP contribution in [0.15, 0.2) is 110 Å². The van der Waals surface area contributed by atoms with Gasteiger partial charge in [-0.05, 0) is 76.0 Å². The van der Waals surface area contributed by atoms with Gasteiger partial charge in [-0.15, -0.1) is 0 Å². The smallest absolute Gasteiger partial charge is 0.335 e. The molecule has 1 amide bonds. The Balaban J connectivity index is 1.17. The number of hydrogen-bond acceptors (Lipinski definition) is 8. The number of sulfonamides is 1. The number of carbonyl (C=O) groups is 2. The number of halogens is 2. The number of carboxylic acids is 1. The Morgan fingerprint density at radius 1 is 0.960 bits per heavy atom. The van der Waals surface area contributed by atoms with E-state index in [0.29, 0.717) is 23.2 Å². The third kappa shape index (κ3) is 6.65. The molecule has 0 spiro atoms. The van der Waals surface area contributed by atoms with E-state index in [4.69, 9.17) is 0 Å². The molecule has 1 atom stereocenters. The third-order valence-electron chi connectivity index (χ3n) is 7.85. The molecule has 254 valence electrons. The van der Waals surface area contributed by atoms with E-state index in [1.165, 1.54) is 77.8 Å². The Bertz CT molecular complexity index is 2480. The maximum Gasteiger partial charge on any atom is 0.335 e. The Kier molecular flexibility index (Phi) is 9.14. The molecule has 0 saturated heterocycles. The molecule has 50 heavy (non-hydrogen) atoms. The molecule has 3 aromatic heterocycles. The number of aryl methyl sites for hydroxylation is 1. The Morgan fingerprint density at radius 2 is 1.64 bits per heavy atom. The summed E-state index contributed by atoms with van der Waals surface area (Å²) in [5, 5.41) is 15.9. The number of carbonyl (C=O) groups excluding carboxylic acids is 1. The average Bonchev–Trinajstić information content (AvgIpc) is 3.63. The van der Waals surface area contributed by atoms with Crippen molar-refractivity contribution in [2.24, 2.45) is 7.05 Å². The van der Waals surface area contributed by atoms with Crippen LogP contribution in [0.5, 0.6) is 0 Å². The first-order chi connectivity index (χ1) is 23.8. The fourth-order valence-electron chi connectivity index (χ4n) is 5.29. The fourth-order valence-corrected chi connectivity index (χ4v) is 6.99. The van der Waals surface area contributed by atoms with Crippen molar-refractivity contribution < 1.29 is 31.9 Å². The van der Waals surface area contributed by atoms with E-state index in [-0.39, 0.29) is 22.4 Å². The van der Waals surface area contributed by atoms with Crippen LogP contribution in [-0.4, -0.2) is 45.6 Å². The molecule has 12 nitrogen and oxygen atoms in total. The second-order valence-corrected chi connectivity index (χ2v) is 13.5. The molecule has 3 N–H and O–H groups in total. The minimum Gasteiger partial charge on any atom is -0.480 e. The van der Waals surface area contributed by atoms with Crippen molar-refractivity contribution in [2.45, 2.75) is 17.4 Å². The van der Waals surface area contributed by atoms with Crippen LogP contribution in [0.2, 0.25) is 0 Å². The highest BCUT2D eigenvalue weighted by Crippen LogP contribution is 2.26. The second kappa shape index (κ2) is 13.5. The molecule has 0 unspecified atom stereocenters. The van der Waals surface area contributed by atoms with E-state index in [1.807, 2.05) is 16.8 Å². The lowest BCUT2D eigenvalue weighted by molar-refractivity contribution is -0.139. The molecular formula is C34H25F2N5O7S2. The Labute approximate surface area is 286 Å². The zero-order chi connectivity index (χ0) is 35.7. The number of hydrogen-bond donors (Lipinski definition) is 3. The number of carboxylic acid groups (broad SMARTS) is 1. The number of thiophene rings is 1. The summed E-state index contributed by atoms with van der Waals surface area (Å²) in [4.78, 5) is 54.8. The van der Waals surface area contributed by atoms with Crippen molar-refractivity contribution in [3.05, 3.63) is 140 Å². The normalized spacial score (nSPS) is 12.1. The van der Waals surface area contributed by atoms with Gasteiger partial charge in [-0.25, -0.2) is 31.4 Å². The van der Waals surface area contributed by atoms with Crippen LogP contribution >= 0.6 is 11.3 Å². The quantitative estimate of drug-likeness (QED) is 0.188. The molecule has 0 bridgehead atoms. The number of amides is 1. The molecule has 6 aromatic rings. The van der Waals surface area contributed by atoms with Gasteiger partial charge in [-0.3, -0.25) is 23.9 Å². The first-order valence-electron chi connectivity index (χ1n) is 14.7. The highest BCUT2D eigenvalue weighted by atomic mass is 32.2. The summed E-state index contributed by atoms with van der Waals surface area (Å²) < 4.78 is 60.3. The van der Waals surface area contributed by atoms with Gasteiger partial charge in [0.1, 0.15) is 23.2 Å². The molecule has 3 aromatic carbocycles. The number of rotatable bonds is 10. The van der Waals surface area contributed by atoms with Crippen molar-refractivity contribution in [3.63, 3.8) is 0 Å². The standard InChI is InChI=1S/C34H25F2N5O7S2/c1-40-29-17-37-12-10-25(29)32(43)41(34(40)46)23-6-2-19(3-7-23)14-28(33(44)45)38-31(42)30-26(35)15-22(16-27(30)36)39-50(47,48)24-8-4-20(5-9-24)21-11-13-49-18-21/h2-13,15-18,28,39H,14H2,1H3,(H,38,42)(H,44,45)/t28-/m0/s1. The zero-order valence-electron chi connectivity index (χ0n) is 25.8. The van der Waals surface area contributed by atoms with Crippen LogP contribution in [0.25, 0.3) is 27.7 Å². The number of nitrogens with one attached hydrogen (secondary N) is 2. The summed E-state index contributed by atoms with van der Waals surface area (Å²) in [5.74, 6) is -5.76. The summed E-state index contributed by atoms with van der Waals surface area (Å²) in [6.45, 7) is 0. The van der Waals surface area contributed by atoms with Crippen LogP contribution in [0.4, 0.5) is 14.5 Å². The summed E-state index contributed by atoms with van der Waals surface area (Å²) >= 11 is 1.48. The summed E-state index contributed by atoms with van der Waals surface area (Å²) in [5.41, 5.74) is -0.260. The predicted molar refractivity (Wildman–Crippen MR) is 182 cm³/mol. The van der Waals surface area contributed by atoms with Crippen molar-refractivity contribution >= 4 is 49.8 Å². The summed E-state index contributed by atoms with van der Waals surface area (Å²) in [7, 11) is -2.78. The van der Waals surface area contributed by atoms with Gasteiger partial charge in [0.25, 0.3) is 21.5 Å². The van der Waals surface area contributed by atoms with Gasteiger partial charge >= 0.3 is 11.7 Å². The van der Waals surface area contributed by atoms with E-state index >= 15 is 8.78 Å². The number of aliphatic carboxylic acids is 1. The molecule has 16 heteroatoms. The fraction of sp³-hybridized carbons (Fsp3) is 0.0882. The topological polar surface area (TPSA) is 169 Å². The number of pyridine rings is 1. The van der Waals surface area contributed by atoms with Gasteiger partial charge in [0.2, 0.25) is 0 Å². The van der Waals surface area contributed by atoms with E-state index in [9.17, 15) is 32.7 Å². The van der Waals surface area contributed by atoms with Crippen molar-refractivity contribution in [1.82, 2.24) is 19.4 Å². The van der Waals surface area contributed by atoms with Crippen LogP contribution in [0.1, 0.15) is 15.9 Å². The molecule has 0 radical (unpaired) electrons. The van der Waals surface area contributed by atoms with E-state index in [2.05, 4.69) is 15.0 Å².